The molecule has 0 bridgehead atoms. The Bertz CT molecular complexity index is 685. The van der Waals surface area contributed by atoms with Gasteiger partial charge in [0.15, 0.2) is 5.96 Å². The van der Waals surface area contributed by atoms with Gasteiger partial charge < -0.3 is 20.7 Å². The number of aliphatic imine (C=N–C) groups is 1. The van der Waals surface area contributed by atoms with Crippen LogP contribution in [0.3, 0.4) is 0 Å². The van der Waals surface area contributed by atoms with Crippen LogP contribution in [0.4, 0.5) is 0 Å². The molecule has 2 aliphatic carbocycles. The monoisotopic (exact) mass is 514 g/mol. The fraction of sp³-hybridized carbons (Fsp3) is 0.636. The molecule has 2 saturated carbocycles. The van der Waals surface area contributed by atoms with Gasteiger partial charge in [-0.2, -0.15) is 0 Å². The summed E-state index contributed by atoms with van der Waals surface area (Å²) in [6, 6.07) is 8.44. The molecule has 0 radical (unpaired) electrons. The molecular weight excluding hydrogens is 479 g/mol. The summed E-state index contributed by atoms with van der Waals surface area (Å²) < 4.78 is 5.43. The molecule has 0 aliphatic heterocycles. The summed E-state index contributed by atoms with van der Waals surface area (Å²) in [6.07, 6.45) is 6.86. The Kier molecular flexibility index (Phi) is 9.52. The summed E-state index contributed by atoms with van der Waals surface area (Å²) in [4.78, 5) is 16.6. The van der Waals surface area contributed by atoms with Gasteiger partial charge in [-0.05, 0) is 50.3 Å². The SMILES string of the molecule is CCNC(=NCC1(c2cccc(OC)c2)CCCC1)NCCNC(=O)C1CC1.I. The predicted molar refractivity (Wildman–Crippen MR) is 128 cm³/mol. The highest BCUT2D eigenvalue weighted by Crippen LogP contribution is 2.42. The summed E-state index contributed by atoms with van der Waals surface area (Å²) in [7, 11) is 1.72. The number of hydrogen-bond acceptors (Lipinski definition) is 3. The van der Waals surface area contributed by atoms with Crippen molar-refractivity contribution < 1.29 is 9.53 Å². The Morgan fingerprint density at radius 2 is 1.90 bits per heavy atom. The average Bonchev–Trinajstić information content (AvgIpc) is 3.47. The largest absolute Gasteiger partial charge is 0.497 e. The smallest absolute Gasteiger partial charge is 0.223 e. The third kappa shape index (κ3) is 6.76. The molecule has 0 atom stereocenters. The number of carbonyl (C=O) groups excluding carboxylic acids is 1. The van der Waals surface area contributed by atoms with Crippen molar-refractivity contribution in [2.75, 3.05) is 33.3 Å². The van der Waals surface area contributed by atoms with Gasteiger partial charge in [-0.3, -0.25) is 9.79 Å². The quantitative estimate of drug-likeness (QED) is 0.205. The molecule has 1 aromatic carbocycles. The standard InChI is InChI=1S/C22H34N4O2.HI/c1-3-23-21(25-14-13-24-20(27)17-9-10-17)26-16-22(11-4-5-12-22)18-7-6-8-19(15-18)28-2;/h6-8,15,17H,3-5,9-14,16H2,1-2H3,(H,24,27)(H2,23,25,26);1H. The number of rotatable bonds is 9. The molecule has 0 saturated heterocycles. The summed E-state index contributed by atoms with van der Waals surface area (Å²) in [5, 5.41) is 9.66. The lowest BCUT2D eigenvalue weighted by atomic mass is 9.79. The van der Waals surface area contributed by atoms with Crippen molar-refractivity contribution in [1.29, 1.82) is 0 Å². The molecule has 2 aliphatic rings. The number of benzene rings is 1. The molecule has 162 valence electrons. The molecule has 3 N–H and O–H groups in total. The third-order valence-corrected chi connectivity index (χ3v) is 5.79. The second-order valence-electron chi connectivity index (χ2n) is 7.91. The Hall–Kier alpha value is -1.51. The van der Waals surface area contributed by atoms with Crippen molar-refractivity contribution in [3.05, 3.63) is 29.8 Å². The highest BCUT2D eigenvalue weighted by atomic mass is 127. The number of carbonyl (C=O) groups is 1. The first-order chi connectivity index (χ1) is 13.7. The van der Waals surface area contributed by atoms with Crippen LogP contribution in [-0.4, -0.2) is 45.2 Å². The molecule has 2 fully saturated rings. The van der Waals surface area contributed by atoms with E-state index in [1.165, 1.54) is 18.4 Å². The maximum atomic E-state index is 11.7. The van der Waals surface area contributed by atoms with Crippen molar-refractivity contribution in [1.82, 2.24) is 16.0 Å². The van der Waals surface area contributed by atoms with Crippen molar-refractivity contribution in [3.8, 4) is 5.75 Å². The summed E-state index contributed by atoms with van der Waals surface area (Å²) in [5.41, 5.74) is 1.40. The van der Waals surface area contributed by atoms with E-state index in [0.717, 1.165) is 50.5 Å². The molecule has 29 heavy (non-hydrogen) atoms. The third-order valence-electron chi connectivity index (χ3n) is 5.79. The van der Waals surface area contributed by atoms with Gasteiger partial charge >= 0.3 is 0 Å². The summed E-state index contributed by atoms with van der Waals surface area (Å²) >= 11 is 0. The molecule has 6 nitrogen and oxygen atoms in total. The highest BCUT2D eigenvalue weighted by molar-refractivity contribution is 14.0. The summed E-state index contributed by atoms with van der Waals surface area (Å²) in [6.45, 7) is 4.94. The number of halogens is 1. The minimum Gasteiger partial charge on any atom is -0.497 e. The van der Waals surface area contributed by atoms with Crippen LogP contribution in [0.5, 0.6) is 5.75 Å². The predicted octanol–water partition coefficient (Wildman–Crippen LogP) is 3.21. The molecular formula is C22H35IN4O2. The van der Waals surface area contributed by atoms with E-state index in [1.807, 2.05) is 6.07 Å². The van der Waals surface area contributed by atoms with E-state index in [1.54, 1.807) is 7.11 Å². The first-order valence-corrected chi connectivity index (χ1v) is 10.6. The average molecular weight is 514 g/mol. The van der Waals surface area contributed by atoms with Crippen molar-refractivity contribution >= 4 is 35.8 Å². The van der Waals surface area contributed by atoms with E-state index in [4.69, 9.17) is 9.73 Å². The Morgan fingerprint density at radius 3 is 2.55 bits per heavy atom. The van der Waals surface area contributed by atoms with Gasteiger partial charge in [0, 0.05) is 31.0 Å². The lowest BCUT2D eigenvalue weighted by molar-refractivity contribution is -0.122. The molecule has 1 amide bonds. The van der Waals surface area contributed by atoms with Gasteiger partial charge in [-0.1, -0.05) is 25.0 Å². The van der Waals surface area contributed by atoms with E-state index in [2.05, 4.69) is 41.1 Å². The van der Waals surface area contributed by atoms with Crippen molar-refractivity contribution in [2.45, 2.75) is 50.9 Å². The van der Waals surface area contributed by atoms with Gasteiger partial charge in [-0.15, -0.1) is 24.0 Å². The molecule has 3 rings (SSSR count). The number of hydrogen-bond donors (Lipinski definition) is 3. The van der Waals surface area contributed by atoms with E-state index in [0.29, 0.717) is 13.1 Å². The normalized spacial score (nSPS) is 17.9. The van der Waals surface area contributed by atoms with Gasteiger partial charge in [-0.25, -0.2) is 0 Å². The minimum absolute atomic E-state index is 0. The maximum Gasteiger partial charge on any atom is 0.223 e. The maximum absolute atomic E-state index is 11.7. The topological polar surface area (TPSA) is 74.8 Å². The molecule has 0 spiro atoms. The number of nitrogens with zero attached hydrogens (tertiary/aromatic N) is 1. The van der Waals surface area contributed by atoms with Crippen molar-refractivity contribution in [2.24, 2.45) is 10.9 Å². The Labute approximate surface area is 191 Å². The van der Waals surface area contributed by atoms with E-state index < -0.39 is 0 Å². The van der Waals surface area contributed by atoms with Crippen LogP contribution in [0.2, 0.25) is 0 Å². The van der Waals surface area contributed by atoms with Crippen LogP contribution in [0, 0.1) is 5.92 Å². The number of nitrogens with one attached hydrogen (secondary N) is 3. The zero-order valence-electron chi connectivity index (χ0n) is 17.6. The second-order valence-corrected chi connectivity index (χ2v) is 7.91. The lowest BCUT2D eigenvalue weighted by Crippen LogP contribution is -2.42. The first-order valence-electron chi connectivity index (χ1n) is 10.6. The minimum atomic E-state index is 0. The molecule has 7 heteroatoms. The van der Waals surface area contributed by atoms with Crippen molar-refractivity contribution in [3.63, 3.8) is 0 Å². The number of amides is 1. The van der Waals surface area contributed by atoms with Crippen LogP contribution in [0.15, 0.2) is 29.3 Å². The molecule has 0 unspecified atom stereocenters. The van der Waals surface area contributed by atoms with Crippen LogP contribution in [-0.2, 0) is 10.2 Å². The highest BCUT2D eigenvalue weighted by Gasteiger charge is 2.36. The van der Waals surface area contributed by atoms with E-state index >= 15 is 0 Å². The Morgan fingerprint density at radius 1 is 1.17 bits per heavy atom. The van der Waals surface area contributed by atoms with Crippen LogP contribution in [0.25, 0.3) is 0 Å². The fourth-order valence-electron chi connectivity index (χ4n) is 3.97. The second kappa shape index (κ2) is 11.6. The van der Waals surface area contributed by atoms with Gasteiger partial charge in [0.1, 0.15) is 5.75 Å². The fourth-order valence-corrected chi connectivity index (χ4v) is 3.97. The van der Waals surface area contributed by atoms with E-state index in [-0.39, 0.29) is 41.2 Å². The lowest BCUT2D eigenvalue weighted by Gasteiger charge is -2.28. The van der Waals surface area contributed by atoms with Gasteiger partial charge in [0.05, 0.1) is 13.7 Å². The summed E-state index contributed by atoms with van der Waals surface area (Å²) in [5.74, 6) is 2.17. The first kappa shape index (κ1) is 23.8. The van der Waals surface area contributed by atoms with Gasteiger partial charge in [0.2, 0.25) is 5.91 Å². The number of methoxy groups -OCH3 is 1. The molecule has 0 heterocycles. The van der Waals surface area contributed by atoms with E-state index in [9.17, 15) is 4.79 Å². The zero-order chi connectivity index (χ0) is 19.8. The molecule has 0 aromatic heterocycles. The Balaban J connectivity index is 0.00000300. The van der Waals surface area contributed by atoms with Crippen LogP contribution >= 0.6 is 24.0 Å². The van der Waals surface area contributed by atoms with Gasteiger partial charge in [0.25, 0.3) is 0 Å². The number of guanidine groups is 1. The van der Waals surface area contributed by atoms with Crippen LogP contribution < -0.4 is 20.7 Å². The molecule has 1 aromatic rings. The van der Waals surface area contributed by atoms with Crippen LogP contribution in [0.1, 0.15) is 51.0 Å². The zero-order valence-corrected chi connectivity index (χ0v) is 20.0. The number of ether oxygens (including phenoxy) is 1.